The second kappa shape index (κ2) is 7.44. The fourth-order valence-corrected chi connectivity index (χ4v) is 3.10. The van der Waals surface area contributed by atoms with E-state index in [-0.39, 0.29) is 11.4 Å². The van der Waals surface area contributed by atoms with Crippen LogP contribution in [0.5, 0.6) is 0 Å². The Bertz CT molecular complexity index is 759. The van der Waals surface area contributed by atoms with E-state index in [0.717, 1.165) is 31.5 Å². The van der Waals surface area contributed by atoms with Crippen LogP contribution in [0.3, 0.4) is 0 Å². The van der Waals surface area contributed by atoms with Gasteiger partial charge in [0.1, 0.15) is 11.5 Å². The predicted octanol–water partition coefficient (Wildman–Crippen LogP) is 4.23. The van der Waals surface area contributed by atoms with Gasteiger partial charge in [0.25, 0.3) is 5.91 Å². The number of hydrogen-bond donors (Lipinski definition) is 1. The Morgan fingerprint density at radius 1 is 1.12 bits per heavy atom. The van der Waals surface area contributed by atoms with Crippen LogP contribution in [-0.4, -0.2) is 39.4 Å². The Morgan fingerprint density at radius 2 is 1.77 bits per heavy atom. The van der Waals surface area contributed by atoms with Crippen molar-refractivity contribution in [2.45, 2.75) is 46.1 Å². The highest BCUT2D eigenvalue weighted by Gasteiger charge is 2.24. The Labute approximate surface area is 155 Å². The number of nitrogens with zero attached hydrogens (tertiary/aromatic N) is 3. The van der Waals surface area contributed by atoms with E-state index in [2.05, 4.69) is 43.0 Å². The maximum Gasteiger partial charge on any atom is 0.272 e. The van der Waals surface area contributed by atoms with Crippen LogP contribution in [0.4, 0.5) is 5.82 Å². The van der Waals surface area contributed by atoms with Gasteiger partial charge in [-0.2, -0.15) is 0 Å². The van der Waals surface area contributed by atoms with Gasteiger partial charge in [0, 0.05) is 30.3 Å². The van der Waals surface area contributed by atoms with Crippen LogP contribution in [0, 0.1) is 5.92 Å². The molecule has 138 valence electrons. The molecule has 0 aliphatic carbocycles. The zero-order chi connectivity index (χ0) is 18.7. The summed E-state index contributed by atoms with van der Waals surface area (Å²) in [6.07, 6.45) is 2.10. The highest BCUT2D eigenvalue weighted by molar-refractivity contribution is 5.93. The van der Waals surface area contributed by atoms with Gasteiger partial charge in [-0.05, 0) is 39.5 Å². The van der Waals surface area contributed by atoms with Gasteiger partial charge in [-0.1, -0.05) is 37.3 Å². The second-order valence-corrected chi connectivity index (χ2v) is 8.18. The molecule has 1 saturated heterocycles. The van der Waals surface area contributed by atoms with Gasteiger partial charge < -0.3 is 10.2 Å². The topological polar surface area (TPSA) is 58.1 Å². The predicted molar refractivity (Wildman–Crippen MR) is 105 cm³/mol. The van der Waals surface area contributed by atoms with Crippen LogP contribution in [0.1, 0.15) is 51.0 Å². The second-order valence-electron chi connectivity index (χ2n) is 8.18. The smallest absolute Gasteiger partial charge is 0.272 e. The van der Waals surface area contributed by atoms with Crippen molar-refractivity contribution in [1.29, 1.82) is 0 Å². The Morgan fingerprint density at radius 3 is 2.38 bits per heavy atom. The molecular formula is C21H28N4O. The molecule has 2 aromatic rings. The molecule has 1 N–H and O–H groups in total. The van der Waals surface area contributed by atoms with Crippen molar-refractivity contribution >= 4 is 11.7 Å². The SMILES string of the molecule is CC1CCN(C(=O)c2cc(NC(C)(C)C)nc(-c3ccccc3)n2)CC1. The number of likely N-dealkylation sites (tertiary alicyclic amines) is 1. The van der Waals surface area contributed by atoms with Crippen molar-refractivity contribution in [3.63, 3.8) is 0 Å². The molecule has 5 nitrogen and oxygen atoms in total. The standard InChI is InChI=1S/C21H28N4O/c1-15-10-12-25(13-11-15)20(26)17-14-18(24-21(2,3)4)23-19(22-17)16-8-6-5-7-9-16/h5-9,14-15H,10-13H2,1-4H3,(H,22,23,24). The van der Waals surface area contributed by atoms with E-state index in [1.54, 1.807) is 6.07 Å². The molecule has 0 saturated carbocycles. The number of carbonyl (C=O) groups excluding carboxylic acids is 1. The number of anilines is 1. The van der Waals surface area contributed by atoms with Crippen LogP contribution in [0.2, 0.25) is 0 Å². The number of rotatable bonds is 3. The first-order valence-electron chi connectivity index (χ1n) is 9.34. The summed E-state index contributed by atoms with van der Waals surface area (Å²) in [5.41, 5.74) is 1.22. The van der Waals surface area contributed by atoms with Gasteiger partial charge in [-0.15, -0.1) is 0 Å². The van der Waals surface area contributed by atoms with Crippen molar-refractivity contribution in [1.82, 2.24) is 14.9 Å². The average molecular weight is 352 g/mol. The zero-order valence-electron chi connectivity index (χ0n) is 16.1. The fraction of sp³-hybridized carbons (Fsp3) is 0.476. The van der Waals surface area contributed by atoms with E-state index < -0.39 is 0 Å². The molecule has 1 aliphatic rings. The molecule has 3 rings (SSSR count). The monoisotopic (exact) mass is 352 g/mol. The van der Waals surface area contributed by atoms with E-state index in [1.165, 1.54) is 0 Å². The molecule has 1 amide bonds. The van der Waals surface area contributed by atoms with Crippen molar-refractivity contribution in [2.24, 2.45) is 5.92 Å². The third-order valence-electron chi connectivity index (χ3n) is 4.55. The van der Waals surface area contributed by atoms with Crippen molar-refractivity contribution in [2.75, 3.05) is 18.4 Å². The van der Waals surface area contributed by atoms with Gasteiger partial charge >= 0.3 is 0 Å². The van der Waals surface area contributed by atoms with Gasteiger partial charge in [0.2, 0.25) is 0 Å². The van der Waals surface area contributed by atoms with E-state index in [9.17, 15) is 4.79 Å². The van der Waals surface area contributed by atoms with Crippen LogP contribution in [0.15, 0.2) is 36.4 Å². The van der Waals surface area contributed by atoms with E-state index in [1.807, 2.05) is 35.2 Å². The molecule has 0 bridgehead atoms. The molecular weight excluding hydrogens is 324 g/mol. The lowest BCUT2D eigenvalue weighted by atomic mass is 9.99. The lowest BCUT2D eigenvalue weighted by Crippen LogP contribution is -2.38. The summed E-state index contributed by atoms with van der Waals surface area (Å²) >= 11 is 0. The van der Waals surface area contributed by atoms with Gasteiger partial charge in [0.05, 0.1) is 0 Å². The first kappa shape index (κ1) is 18.4. The lowest BCUT2D eigenvalue weighted by molar-refractivity contribution is 0.0691. The summed E-state index contributed by atoms with van der Waals surface area (Å²) < 4.78 is 0. The van der Waals surface area contributed by atoms with Gasteiger partial charge in [-0.3, -0.25) is 4.79 Å². The highest BCUT2D eigenvalue weighted by atomic mass is 16.2. The van der Waals surface area contributed by atoms with E-state index >= 15 is 0 Å². The number of aromatic nitrogens is 2. The normalized spacial score (nSPS) is 15.8. The lowest BCUT2D eigenvalue weighted by Gasteiger charge is -2.30. The molecule has 1 aromatic carbocycles. The van der Waals surface area contributed by atoms with Crippen LogP contribution in [0.25, 0.3) is 11.4 Å². The first-order chi connectivity index (χ1) is 12.3. The summed E-state index contributed by atoms with van der Waals surface area (Å²) in [7, 11) is 0. The molecule has 0 unspecified atom stereocenters. The maximum absolute atomic E-state index is 13.0. The minimum absolute atomic E-state index is 0.00607. The summed E-state index contributed by atoms with van der Waals surface area (Å²) in [6, 6.07) is 11.6. The quantitative estimate of drug-likeness (QED) is 0.898. The van der Waals surface area contributed by atoms with Gasteiger partial charge in [0.15, 0.2) is 5.82 Å². The summed E-state index contributed by atoms with van der Waals surface area (Å²) in [5, 5.41) is 3.37. The van der Waals surface area contributed by atoms with E-state index in [4.69, 9.17) is 0 Å². The first-order valence-corrected chi connectivity index (χ1v) is 9.34. The molecule has 1 aromatic heterocycles. The largest absolute Gasteiger partial charge is 0.365 e. The minimum atomic E-state index is -0.150. The van der Waals surface area contributed by atoms with Crippen LogP contribution < -0.4 is 5.32 Å². The molecule has 1 fully saturated rings. The minimum Gasteiger partial charge on any atom is -0.365 e. The Kier molecular flexibility index (Phi) is 5.25. The summed E-state index contributed by atoms with van der Waals surface area (Å²) in [5.74, 6) is 1.93. The van der Waals surface area contributed by atoms with Crippen LogP contribution >= 0.6 is 0 Å². The number of benzene rings is 1. The molecule has 0 spiro atoms. The Hall–Kier alpha value is -2.43. The fourth-order valence-electron chi connectivity index (χ4n) is 3.10. The molecule has 5 heteroatoms. The molecule has 0 radical (unpaired) electrons. The zero-order valence-corrected chi connectivity index (χ0v) is 16.1. The van der Waals surface area contributed by atoms with E-state index in [0.29, 0.717) is 23.3 Å². The van der Waals surface area contributed by atoms with Crippen molar-refractivity contribution < 1.29 is 4.79 Å². The number of nitrogens with one attached hydrogen (secondary N) is 1. The molecule has 1 aliphatic heterocycles. The number of hydrogen-bond acceptors (Lipinski definition) is 4. The average Bonchev–Trinajstić information content (AvgIpc) is 2.61. The van der Waals surface area contributed by atoms with Gasteiger partial charge in [-0.25, -0.2) is 9.97 Å². The highest BCUT2D eigenvalue weighted by Crippen LogP contribution is 2.23. The van der Waals surface area contributed by atoms with Crippen molar-refractivity contribution in [3.8, 4) is 11.4 Å². The number of carbonyl (C=O) groups is 1. The summed E-state index contributed by atoms with van der Waals surface area (Å²) in [4.78, 5) is 24.2. The van der Waals surface area contributed by atoms with Crippen molar-refractivity contribution in [3.05, 3.63) is 42.1 Å². The summed E-state index contributed by atoms with van der Waals surface area (Å²) in [6.45, 7) is 10.1. The molecule has 26 heavy (non-hydrogen) atoms. The maximum atomic E-state index is 13.0. The van der Waals surface area contributed by atoms with Crippen LogP contribution in [-0.2, 0) is 0 Å². The number of piperidine rings is 1. The third-order valence-corrected chi connectivity index (χ3v) is 4.55. The molecule has 2 heterocycles. The molecule has 0 atom stereocenters. The Balaban J connectivity index is 1.95. The number of amides is 1. The third kappa shape index (κ3) is 4.59.